The molecule has 1 fully saturated rings. The summed E-state index contributed by atoms with van der Waals surface area (Å²) in [5.74, 6) is 0.0240. The van der Waals surface area contributed by atoms with Gasteiger partial charge in [-0.1, -0.05) is 35.5 Å². The van der Waals surface area contributed by atoms with Crippen molar-refractivity contribution in [2.45, 2.75) is 12.5 Å². The van der Waals surface area contributed by atoms with Gasteiger partial charge in [-0.3, -0.25) is 4.79 Å². The maximum atomic E-state index is 13.0. The molecule has 3 rings (SSSR count). The molecular formula is C21H22N2O5. The summed E-state index contributed by atoms with van der Waals surface area (Å²) in [6, 6.07) is 14.2. The number of esters is 1. The van der Waals surface area contributed by atoms with E-state index in [0.717, 1.165) is 16.9 Å². The van der Waals surface area contributed by atoms with Crippen molar-refractivity contribution in [3.63, 3.8) is 0 Å². The molecule has 1 aliphatic heterocycles. The van der Waals surface area contributed by atoms with Crippen LogP contribution in [0.4, 0.5) is 0 Å². The minimum atomic E-state index is -0.708. The second kappa shape index (κ2) is 8.56. The first-order valence-corrected chi connectivity index (χ1v) is 8.80. The number of rotatable bonds is 5. The number of likely N-dealkylation sites (tertiary alicyclic amines) is 1. The van der Waals surface area contributed by atoms with Crippen LogP contribution in [0.2, 0.25) is 0 Å². The van der Waals surface area contributed by atoms with Gasteiger partial charge in [0.1, 0.15) is 18.9 Å². The van der Waals surface area contributed by atoms with Crippen LogP contribution in [-0.4, -0.2) is 56.4 Å². The number of nitrogens with zero attached hydrogens (tertiary/aromatic N) is 2. The van der Waals surface area contributed by atoms with E-state index in [1.165, 1.54) is 19.1 Å². The number of benzene rings is 2. The summed E-state index contributed by atoms with van der Waals surface area (Å²) in [5, 5.41) is 3.89. The molecule has 0 bridgehead atoms. The van der Waals surface area contributed by atoms with Crippen molar-refractivity contribution in [3.8, 4) is 16.9 Å². The maximum Gasteiger partial charge on any atom is 0.329 e. The van der Waals surface area contributed by atoms with Gasteiger partial charge in [0.05, 0.1) is 26.5 Å². The van der Waals surface area contributed by atoms with E-state index in [-0.39, 0.29) is 12.5 Å². The zero-order chi connectivity index (χ0) is 20.1. The number of carbonyl (C=O) groups excluding carboxylic acids is 2. The van der Waals surface area contributed by atoms with E-state index < -0.39 is 12.0 Å². The lowest BCUT2D eigenvalue weighted by Crippen LogP contribution is -2.41. The van der Waals surface area contributed by atoms with Gasteiger partial charge in [-0.2, -0.15) is 0 Å². The molecule has 2 aromatic carbocycles. The molecule has 0 N–H and O–H groups in total. The first kappa shape index (κ1) is 19.4. The lowest BCUT2D eigenvalue weighted by atomic mass is 10.0. The highest BCUT2D eigenvalue weighted by Crippen LogP contribution is 2.30. The molecule has 0 spiro atoms. The van der Waals surface area contributed by atoms with Gasteiger partial charge in [0.2, 0.25) is 0 Å². The maximum absolute atomic E-state index is 13.0. The molecule has 1 heterocycles. The SMILES string of the molecule is CO/N=C1\C[C@@H](C(=O)OC)N(C(=O)c2ccc(-c3ccccc3OC)cc2)C1. The average molecular weight is 382 g/mol. The zero-order valence-electron chi connectivity index (χ0n) is 16.0. The third-order valence-electron chi connectivity index (χ3n) is 4.66. The fourth-order valence-electron chi connectivity index (χ4n) is 3.30. The van der Waals surface area contributed by atoms with Crippen molar-refractivity contribution in [2.24, 2.45) is 5.16 Å². The molecule has 0 radical (unpaired) electrons. The second-order valence-electron chi connectivity index (χ2n) is 6.29. The van der Waals surface area contributed by atoms with Gasteiger partial charge in [0, 0.05) is 17.5 Å². The number of para-hydroxylation sites is 1. The Morgan fingerprint density at radius 3 is 2.39 bits per heavy atom. The van der Waals surface area contributed by atoms with Crippen LogP contribution in [0.15, 0.2) is 53.7 Å². The number of carbonyl (C=O) groups is 2. The second-order valence-corrected chi connectivity index (χ2v) is 6.29. The van der Waals surface area contributed by atoms with Crippen molar-refractivity contribution in [2.75, 3.05) is 27.9 Å². The minimum absolute atomic E-state index is 0.223. The Bertz CT molecular complexity index is 892. The van der Waals surface area contributed by atoms with Crippen LogP contribution < -0.4 is 4.74 Å². The molecule has 0 aromatic heterocycles. The third kappa shape index (κ3) is 3.83. The summed E-state index contributed by atoms with van der Waals surface area (Å²) >= 11 is 0. The minimum Gasteiger partial charge on any atom is -0.496 e. The van der Waals surface area contributed by atoms with Crippen LogP contribution in [0.5, 0.6) is 5.75 Å². The Morgan fingerprint density at radius 1 is 1.04 bits per heavy atom. The molecular weight excluding hydrogens is 360 g/mol. The van der Waals surface area contributed by atoms with Gasteiger partial charge >= 0.3 is 5.97 Å². The largest absolute Gasteiger partial charge is 0.496 e. The Kier molecular flexibility index (Phi) is 5.93. The van der Waals surface area contributed by atoms with Gasteiger partial charge in [0.25, 0.3) is 5.91 Å². The first-order valence-electron chi connectivity index (χ1n) is 8.80. The topological polar surface area (TPSA) is 77.4 Å². The molecule has 1 aliphatic rings. The van der Waals surface area contributed by atoms with Crippen molar-refractivity contribution in [1.29, 1.82) is 0 Å². The number of amides is 1. The van der Waals surface area contributed by atoms with E-state index in [2.05, 4.69) is 5.16 Å². The lowest BCUT2D eigenvalue weighted by molar-refractivity contribution is -0.145. The van der Waals surface area contributed by atoms with Gasteiger partial charge in [-0.15, -0.1) is 0 Å². The van der Waals surface area contributed by atoms with Gasteiger partial charge in [0.15, 0.2) is 0 Å². The van der Waals surface area contributed by atoms with E-state index in [9.17, 15) is 9.59 Å². The van der Waals surface area contributed by atoms with Gasteiger partial charge in [-0.25, -0.2) is 4.79 Å². The molecule has 1 atom stereocenters. The highest BCUT2D eigenvalue weighted by Gasteiger charge is 2.39. The molecule has 1 amide bonds. The van der Waals surface area contributed by atoms with Crippen molar-refractivity contribution >= 4 is 17.6 Å². The Morgan fingerprint density at radius 2 is 1.75 bits per heavy atom. The Labute approximate surface area is 163 Å². The monoisotopic (exact) mass is 382 g/mol. The van der Waals surface area contributed by atoms with Crippen LogP contribution in [0.25, 0.3) is 11.1 Å². The van der Waals surface area contributed by atoms with Crippen LogP contribution in [-0.2, 0) is 14.4 Å². The van der Waals surface area contributed by atoms with Crippen LogP contribution >= 0.6 is 0 Å². The fraction of sp³-hybridized carbons (Fsp3) is 0.286. The molecule has 28 heavy (non-hydrogen) atoms. The number of methoxy groups -OCH3 is 2. The number of oxime groups is 1. The standard InChI is InChI=1S/C21H22N2O5/c1-26-19-7-5-4-6-17(19)14-8-10-15(11-9-14)20(24)23-13-16(22-28-3)12-18(23)21(25)27-2/h4-11,18H,12-13H2,1-3H3/b22-16+/t18-/m0/s1. The molecule has 0 aliphatic carbocycles. The van der Waals surface area contributed by atoms with E-state index in [1.54, 1.807) is 19.2 Å². The van der Waals surface area contributed by atoms with Gasteiger partial charge < -0.3 is 19.2 Å². The molecule has 7 heteroatoms. The normalized spacial score (nSPS) is 17.5. The summed E-state index contributed by atoms with van der Waals surface area (Å²) in [5.41, 5.74) is 2.97. The smallest absolute Gasteiger partial charge is 0.329 e. The fourth-order valence-corrected chi connectivity index (χ4v) is 3.30. The molecule has 0 unspecified atom stereocenters. The number of ether oxygens (including phenoxy) is 2. The van der Waals surface area contributed by atoms with E-state index in [4.69, 9.17) is 14.3 Å². The van der Waals surface area contributed by atoms with E-state index in [0.29, 0.717) is 17.7 Å². The first-order chi connectivity index (χ1) is 13.6. The molecule has 146 valence electrons. The molecule has 2 aromatic rings. The summed E-state index contributed by atoms with van der Waals surface area (Å²) in [6.45, 7) is 0.223. The average Bonchev–Trinajstić information content (AvgIpc) is 3.17. The summed E-state index contributed by atoms with van der Waals surface area (Å²) in [7, 11) is 4.36. The van der Waals surface area contributed by atoms with Crippen molar-refractivity contribution in [1.82, 2.24) is 4.90 Å². The lowest BCUT2D eigenvalue weighted by Gasteiger charge is -2.22. The van der Waals surface area contributed by atoms with Gasteiger partial charge in [-0.05, 0) is 23.8 Å². The Hall–Kier alpha value is -3.35. The summed E-state index contributed by atoms with van der Waals surface area (Å²) in [4.78, 5) is 31.3. The van der Waals surface area contributed by atoms with Crippen molar-refractivity contribution < 1.29 is 23.9 Å². The number of hydrogen-bond donors (Lipinski definition) is 0. The zero-order valence-corrected chi connectivity index (χ0v) is 16.0. The molecule has 7 nitrogen and oxygen atoms in total. The molecule has 1 saturated heterocycles. The van der Waals surface area contributed by atoms with Crippen molar-refractivity contribution in [3.05, 3.63) is 54.1 Å². The molecule has 0 saturated carbocycles. The van der Waals surface area contributed by atoms with E-state index >= 15 is 0 Å². The summed E-state index contributed by atoms with van der Waals surface area (Å²) < 4.78 is 10.2. The highest BCUT2D eigenvalue weighted by molar-refractivity contribution is 6.04. The summed E-state index contributed by atoms with van der Waals surface area (Å²) in [6.07, 6.45) is 0.297. The van der Waals surface area contributed by atoms with Crippen LogP contribution in [0.3, 0.4) is 0 Å². The Balaban J connectivity index is 1.85. The highest BCUT2D eigenvalue weighted by atomic mass is 16.6. The predicted octanol–water partition coefficient (Wildman–Crippen LogP) is 2.75. The third-order valence-corrected chi connectivity index (χ3v) is 4.66. The number of hydrogen-bond acceptors (Lipinski definition) is 6. The quantitative estimate of drug-likeness (QED) is 0.587. The van der Waals surface area contributed by atoms with Crippen LogP contribution in [0.1, 0.15) is 16.8 Å². The van der Waals surface area contributed by atoms with E-state index in [1.807, 2.05) is 36.4 Å². The predicted molar refractivity (Wildman–Crippen MR) is 104 cm³/mol. The van der Waals surface area contributed by atoms with Crippen LogP contribution in [0, 0.1) is 0 Å².